The van der Waals surface area contributed by atoms with E-state index in [4.69, 9.17) is 17.3 Å². The lowest BCUT2D eigenvalue weighted by atomic mass is 10.1. The molecule has 2 unspecified atom stereocenters. The van der Waals surface area contributed by atoms with Crippen LogP contribution in [0.2, 0.25) is 5.02 Å². The van der Waals surface area contributed by atoms with E-state index in [2.05, 4.69) is 12.2 Å². The van der Waals surface area contributed by atoms with E-state index in [1.54, 1.807) is 6.26 Å². The standard InChI is InChI=1S/C12H19ClN2OS/c1-8-6-11(14)10(13)7-12(8)15-9(2)4-5-17(3)16/h6-7,9,15H,4-5,14H2,1-3H3. The molecular formula is C12H19ClN2OS. The quantitative estimate of drug-likeness (QED) is 0.812. The summed E-state index contributed by atoms with van der Waals surface area (Å²) in [6.07, 6.45) is 2.59. The van der Waals surface area contributed by atoms with Crippen molar-refractivity contribution >= 4 is 33.8 Å². The minimum atomic E-state index is -0.744. The van der Waals surface area contributed by atoms with Crippen molar-refractivity contribution in [2.45, 2.75) is 26.3 Å². The first kappa shape index (κ1) is 14.3. The fraction of sp³-hybridized carbons (Fsp3) is 0.500. The summed E-state index contributed by atoms with van der Waals surface area (Å²) in [5, 5.41) is 3.92. The van der Waals surface area contributed by atoms with Crippen molar-refractivity contribution in [3.05, 3.63) is 22.7 Å². The SMILES string of the molecule is Cc1cc(N)c(Cl)cc1NC(C)CCS(C)=O. The number of hydrogen-bond donors (Lipinski definition) is 2. The number of hydrogen-bond acceptors (Lipinski definition) is 3. The molecule has 0 aliphatic carbocycles. The number of benzene rings is 1. The van der Waals surface area contributed by atoms with Crippen LogP contribution in [-0.4, -0.2) is 22.3 Å². The molecule has 0 bridgehead atoms. The predicted octanol–water partition coefficient (Wildman–Crippen LogP) is 2.80. The lowest BCUT2D eigenvalue weighted by molar-refractivity contribution is 0.678. The number of nitrogens with one attached hydrogen (secondary N) is 1. The zero-order valence-corrected chi connectivity index (χ0v) is 12.0. The van der Waals surface area contributed by atoms with Gasteiger partial charge in [-0.2, -0.15) is 0 Å². The van der Waals surface area contributed by atoms with Gasteiger partial charge in [0.25, 0.3) is 0 Å². The van der Waals surface area contributed by atoms with Crippen LogP contribution < -0.4 is 11.1 Å². The van der Waals surface area contributed by atoms with Gasteiger partial charge in [0.1, 0.15) is 0 Å². The number of rotatable bonds is 5. The van der Waals surface area contributed by atoms with Crippen molar-refractivity contribution in [2.24, 2.45) is 0 Å². The van der Waals surface area contributed by atoms with E-state index in [0.717, 1.165) is 17.7 Å². The molecule has 96 valence electrons. The Morgan fingerprint density at radius 1 is 1.53 bits per heavy atom. The molecule has 0 amide bonds. The van der Waals surface area contributed by atoms with Crippen molar-refractivity contribution in [1.82, 2.24) is 0 Å². The van der Waals surface area contributed by atoms with Crippen molar-refractivity contribution in [2.75, 3.05) is 23.1 Å². The number of anilines is 2. The summed E-state index contributed by atoms with van der Waals surface area (Å²) in [6.45, 7) is 4.05. The normalized spacial score (nSPS) is 14.4. The van der Waals surface area contributed by atoms with Gasteiger partial charge >= 0.3 is 0 Å². The second-order valence-corrected chi connectivity index (χ2v) is 6.26. The van der Waals surface area contributed by atoms with Crippen LogP contribution in [0.4, 0.5) is 11.4 Å². The molecule has 0 saturated heterocycles. The molecule has 17 heavy (non-hydrogen) atoms. The van der Waals surface area contributed by atoms with Gasteiger partial charge in [0, 0.05) is 34.5 Å². The van der Waals surface area contributed by atoms with Crippen LogP contribution in [0.15, 0.2) is 12.1 Å². The highest BCUT2D eigenvalue weighted by molar-refractivity contribution is 7.84. The van der Waals surface area contributed by atoms with Crippen molar-refractivity contribution < 1.29 is 4.21 Å². The van der Waals surface area contributed by atoms with Crippen LogP contribution in [0.5, 0.6) is 0 Å². The molecule has 1 aromatic carbocycles. The molecule has 0 aliphatic heterocycles. The lowest BCUT2D eigenvalue weighted by Crippen LogP contribution is -2.18. The zero-order chi connectivity index (χ0) is 13.0. The Kier molecular flexibility index (Phi) is 5.28. The molecule has 0 aromatic heterocycles. The van der Waals surface area contributed by atoms with Crippen LogP contribution in [0, 0.1) is 6.92 Å². The molecule has 5 heteroatoms. The van der Waals surface area contributed by atoms with Gasteiger partial charge in [0.15, 0.2) is 0 Å². The first-order valence-corrected chi connectivity index (χ1v) is 7.63. The second kappa shape index (κ2) is 6.26. The maximum atomic E-state index is 11.0. The van der Waals surface area contributed by atoms with E-state index in [0.29, 0.717) is 16.5 Å². The smallest absolute Gasteiger partial charge is 0.0656 e. The summed E-state index contributed by atoms with van der Waals surface area (Å²) in [7, 11) is -0.744. The first-order valence-electron chi connectivity index (χ1n) is 5.52. The second-order valence-electron chi connectivity index (χ2n) is 4.30. The third kappa shape index (κ3) is 4.56. The van der Waals surface area contributed by atoms with E-state index in [1.165, 1.54) is 0 Å². The zero-order valence-electron chi connectivity index (χ0n) is 10.4. The van der Waals surface area contributed by atoms with Gasteiger partial charge in [-0.15, -0.1) is 0 Å². The molecule has 3 nitrogen and oxygen atoms in total. The van der Waals surface area contributed by atoms with Crippen molar-refractivity contribution in [1.29, 1.82) is 0 Å². The molecule has 0 radical (unpaired) electrons. The summed E-state index contributed by atoms with van der Waals surface area (Å²) in [5.41, 5.74) is 8.36. The maximum Gasteiger partial charge on any atom is 0.0656 e. The number of aryl methyl sites for hydroxylation is 1. The van der Waals surface area contributed by atoms with E-state index < -0.39 is 10.8 Å². The molecule has 1 rings (SSSR count). The van der Waals surface area contributed by atoms with Gasteiger partial charge in [-0.25, -0.2) is 0 Å². The Hall–Kier alpha value is -0.740. The molecule has 1 aromatic rings. The Labute approximate surface area is 110 Å². The van der Waals surface area contributed by atoms with E-state index in [-0.39, 0.29) is 6.04 Å². The third-order valence-electron chi connectivity index (χ3n) is 2.58. The average Bonchev–Trinajstić information content (AvgIpc) is 2.23. The molecule has 0 saturated carbocycles. The Bertz CT molecular complexity index is 423. The molecule has 0 spiro atoms. The number of nitrogens with two attached hydrogens (primary N) is 1. The van der Waals surface area contributed by atoms with Gasteiger partial charge < -0.3 is 11.1 Å². The van der Waals surface area contributed by atoms with Gasteiger partial charge in [-0.1, -0.05) is 11.6 Å². The summed E-state index contributed by atoms with van der Waals surface area (Å²) in [5.74, 6) is 0.704. The largest absolute Gasteiger partial charge is 0.398 e. The molecule has 0 heterocycles. The topological polar surface area (TPSA) is 55.1 Å². The van der Waals surface area contributed by atoms with Gasteiger partial charge in [-0.3, -0.25) is 4.21 Å². The lowest BCUT2D eigenvalue weighted by Gasteiger charge is -2.17. The summed E-state index contributed by atoms with van der Waals surface area (Å²) >= 11 is 5.98. The Morgan fingerprint density at radius 3 is 2.76 bits per heavy atom. The molecule has 2 atom stereocenters. The highest BCUT2D eigenvalue weighted by atomic mass is 35.5. The van der Waals surface area contributed by atoms with Crippen molar-refractivity contribution in [3.8, 4) is 0 Å². The van der Waals surface area contributed by atoms with E-state index in [9.17, 15) is 4.21 Å². The minimum absolute atomic E-state index is 0.261. The predicted molar refractivity (Wildman–Crippen MR) is 77.2 cm³/mol. The monoisotopic (exact) mass is 274 g/mol. The Balaban J connectivity index is 2.68. The van der Waals surface area contributed by atoms with Gasteiger partial charge in [0.05, 0.1) is 10.7 Å². The minimum Gasteiger partial charge on any atom is -0.398 e. The summed E-state index contributed by atoms with van der Waals surface area (Å²) < 4.78 is 11.0. The van der Waals surface area contributed by atoms with Gasteiger partial charge in [0.2, 0.25) is 0 Å². The van der Waals surface area contributed by atoms with Crippen LogP contribution in [0.1, 0.15) is 18.9 Å². The number of nitrogen functional groups attached to an aromatic ring is 1. The fourth-order valence-electron chi connectivity index (χ4n) is 1.54. The summed E-state index contributed by atoms with van der Waals surface area (Å²) in [4.78, 5) is 0. The Morgan fingerprint density at radius 2 is 2.18 bits per heavy atom. The highest BCUT2D eigenvalue weighted by Crippen LogP contribution is 2.27. The molecule has 3 N–H and O–H groups in total. The maximum absolute atomic E-state index is 11.0. The first-order chi connectivity index (χ1) is 7.90. The highest BCUT2D eigenvalue weighted by Gasteiger charge is 2.07. The molecular weight excluding hydrogens is 256 g/mol. The molecule has 0 fully saturated rings. The average molecular weight is 275 g/mol. The van der Waals surface area contributed by atoms with Crippen molar-refractivity contribution in [3.63, 3.8) is 0 Å². The van der Waals surface area contributed by atoms with Crippen LogP contribution >= 0.6 is 11.6 Å². The van der Waals surface area contributed by atoms with E-state index in [1.807, 2.05) is 19.1 Å². The van der Waals surface area contributed by atoms with Crippen LogP contribution in [-0.2, 0) is 10.8 Å². The fourth-order valence-corrected chi connectivity index (χ4v) is 2.39. The molecule has 0 aliphatic rings. The number of halogens is 1. The summed E-state index contributed by atoms with van der Waals surface area (Å²) in [6, 6.07) is 3.96. The van der Waals surface area contributed by atoms with Crippen LogP contribution in [0.25, 0.3) is 0 Å². The third-order valence-corrected chi connectivity index (χ3v) is 3.72. The van der Waals surface area contributed by atoms with Crippen LogP contribution in [0.3, 0.4) is 0 Å². The van der Waals surface area contributed by atoms with E-state index >= 15 is 0 Å². The van der Waals surface area contributed by atoms with Gasteiger partial charge in [-0.05, 0) is 38.0 Å².